The van der Waals surface area contributed by atoms with Gasteiger partial charge in [-0.3, -0.25) is 4.79 Å². The molecule has 0 amide bonds. The Hall–Kier alpha value is -2.36. The van der Waals surface area contributed by atoms with E-state index in [9.17, 15) is 9.18 Å². The van der Waals surface area contributed by atoms with Gasteiger partial charge in [0, 0.05) is 10.4 Å². The van der Waals surface area contributed by atoms with Gasteiger partial charge in [0.05, 0.1) is 26.1 Å². The quantitative estimate of drug-likeness (QED) is 0.189. The summed E-state index contributed by atoms with van der Waals surface area (Å²) in [6.45, 7) is 4.29. The molecule has 0 aliphatic carbocycles. The van der Waals surface area contributed by atoms with Crippen LogP contribution >= 0.6 is 47.8 Å². The van der Waals surface area contributed by atoms with Crippen LogP contribution in [0.3, 0.4) is 0 Å². The maximum atomic E-state index is 13.4. The molecular weight excluding hydrogens is 645 g/mol. The van der Waals surface area contributed by atoms with E-state index in [0.717, 1.165) is 22.0 Å². The summed E-state index contributed by atoms with van der Waals surface area (Å²) in [5, 5.41) is 5.01. The van der Waals surface area contributed by atoms with Crippen molar-refractivity contribution in [3.63, 3.8) is 0 Å². The molecule has 0 spiro atoms. The Kier molecular flexibility index (Phi) is 8.19. The van der Waals surface area contributed by atoms with E-state index in [1.54, 1.807) is 24.4 Å². The van der Waals surface area contributed by atoms with E-state index < -0.39 is 0 Å². The smallest absolute Gasteiger partial charge is 0.282 e. The Bertz CT molecular complexity index is 1460. The van der Waals surface area contributed by atoms with Crippen LogP contribution in [0.4, 0.5) is 4.39 Å². The zero-order chi connectivity index (χ0) is 25.1. The van der Waals surface area contributed by atoms with Crippen LogP contribution in [-0.4, -0.2) is 15.9 Å². The van der Waals surface area contributed by atoms with Gasteiger partial charge in [-0.15, -0.1) is 0 Å². The Morgan fingerprint density at radius 1 is 1.11 bits per heavy atom. The molecule has 35 heavy (non-hydrogen) atoms. The SMILES string of the molecule is CC[C@@H](C)c1nc2ccc(Br)cc2c(=O)n1N=Cc1cc(Br)c(OCc2cccc(F)c2)c(Br)c1. The van der Waals surface area contributed by atoms with Crippen LogP contribution < -0.4 is 10.3 Å². The summed E-state index contributed by atoms with van der Waals surface area (Å²) >= 11 is 10.5. The highest BCUT2D eigenvalue weighted by Crippen LogP contribution is 2.35. The molecule has 4 aromatic rings. The van der Waals surface area contributed by atoms with Gasteiger partial charge in [0.1, 0.15) is 24.0 Å². The number of halogens is 4. The highest BCUT2D eigenvalue weighted by atomic mass is 79.9. The predicted molar refractivity (Wildman–Crippen MR) is 148 cm³/mol. The summed E-state index contributed by atoms with van der Waals surface area (Å²) in [4.78, 5) is 18.0. The number of ether oxygens (including phenoxy) is 1. The zero-order valence-electron chi connectivity index (χ0n) is 18.9. The summed E-state index contributed by atoms with van der Waals surface area (Å²) in [6, 6.07) is 15.4. The van der Waals surface area contributed by atoms with Crippen molar-refractivity contribution in [3.8, 4) is 5.75 Å². The molecule has 4 rings (SSSR count). The van der Waals surface area contributed by atoms with Crippen molar-refractivity contribution in [1.82, 2.24) is 9.66 Å². The van der Waals surface area contributed by atoms with E-state index >= 15 is 0 Å². The molecule has 3 aromatic carbocycles. The second-order valence-electron chi connectivity index (χ2n) is 8.03. The van der Waals surface area contributed by atoms with E-state index in [2.05, 4.69) is 52.9 Å². The molecule has 0 radical (unpaired) electrons. The number of rotatable bonds is 7. The lowest BCUT2D eigenvalue weighted by Crippen LogP contribution is -2.23. The average molecular weight is 666 g/mol. The van der Waals surface area contributed by atoms with Gasteiger partial charge in [-0.25, -0.2) is 9.37 Å². The second kappa shape index (κ2) is 11.1. The van der Waals surface area contributed by atoms with E-state index in [-0.39, 0.29) is 23.9 Å². The van der Waals surface area contributed by atoms with Crippen LogP contribution in [0.15, 0.2) is 77.9 Å². The van der Waals surface area contributed by atoms with Crippen LogP contribution in [0.5, 0.6) is 5.75 Å². The number of hydrogen-bond donors (Lipinski definition) is 0. The van der Waals surface area contributed by atoms with Crippen molar-refractivity contribution in [2.24, 2.45) is 5.10 Å². The monoisotopic (exact) mass is 663 g/mol. The third-order valence-electron chi connectivity index (χ3n) is 5.50. The molecule has 0 fully saturated rings. The minimum atomic E-state index is -0.307. The zero-order valence-corrected chi connectivity index (χ0v) is 23.7. The first-order chi connectivity index (χ1) is 16.8. The van der Waals surface area contributed by atoms with Crippen molar-refractivity contribution in [3.05, 3.63) is 101 Å². The van der Waals surface area contributed by atoms with Gasteiger partial charge in [-0.1, -0.05) is 41.9 Å². The third kappa shape index (κ3) is 5.90. The molecule has 180 valence electrons. The van der Waals surface area contributed by atoms with Crippen molar-refractivity contribution in [2.45, 2.75) is 32.8 Å². The van der Waals surface area contributed by atoms with Crippen molar-refractivity contribution >= 4 is 64.9 Å². The fourth-order valence-corrected chi connectivity index (χ4v) is 5.29. The molecule has 1 atom stereocenters. The van der Waals surface area contributed by atoms with Gasteiger partial charge in [0.25, 0.3) is 5.56 Å². The van der Waals surface area contributed by atoms with Gasteiger partial charge in [-0.05, 0) is 91.9 Å². The molecule has 0 saturated heterocycles. The van der Waals surface area contributed by atoms with Crippen molar-refractivity contribution < 1.29 is 9.13 Å². The van der Waals surface area contributed by atoms with Gasteiger partial charge in [0.2, 0.25) is 0 Å². The molecule has 0 unspecified atom stereocenters. The molecule has 0 N–H and O–H groups in total. The van der Waals surface area contributed by atoms with E-state index in [4.69, 9.17) is 9.72 Å². The molecule has 5 nitrogen and oxygen atoms in total. The fraction of sp³-hybridized carbons (Fsp3) is 0.192. The Labute approximate surface area is 227 Å². The molecule has 0 saturated carbocycles. The number of fused-ring (bicyclic) bond motifs is 1. The average Bonchev–Trinajstić information content (AvgIpc) is 2.82. The topological polar surface area (TPSA) is 56.5 Å². The summed E-state index contributed by atoms with van der Waals surface area (Å²) in [6.07, 6.45) is 2.43. The molecule has 1 heterocycles. The van der Waals surface area contributed by atoms with E-state index in [0.29, 0.717) is 31.4 Å². The fourth-order valence-electron chi connectivity index (χ4n) is 3.48. The largest absolute Gasteiger partial charge is 0.487 e. The standard InChI is InChI=1S/C26H21Br3FN3O2/c1-3-15(2)25-32-23-8-7-18(27)12-20(23)26(34)33(25)31-13-17-10-21(28)24(22(29)11-17)35-14-16-5-4-6-19(30)9-16/h4-13,15H,3,14H2,1-2H3/t15-/m1/s1. The Balaban J connectivity index is 1.67. The first kappa shape index (κ1) is 25.7. The predicted octanol–water partition coefficient (Wildman–Crippen LogP) is 7.80. The summed E-state index contributed by atoms with van der Waals surface area (Å²) < 4.78 is 22.9. The minimum Gasteiger partial charge on any atom is -0.487 e. The van der Waals surface area contributed by atoms with Crippen LogP contribution in [0.2, 0.25) is 0 Å². The lowest BCUT2D eigenvalue weighted by molar-refractivity contribution is 0.301. The van der Waals surface area contributed by atoms with Crippen LogP contribution in [0.25, 0.3) is 10.9 Å². The summed E-state index contributed by atoms with van der Waals surface area (Å²) in [7, 11) is 0. The van der Waals surface area contributed by atoms with Crippen molar-refractivity contribution in [1.29, 1.82) is 0 Å². The second-order valence-corrected chi connectivity index (χ2v) is 10.7. The Morgan fingerprint density at radius 2 is 1.86 bits per heavy atom. The number of hydrogen-bond acceptors (Lipinski definition) is 4. The third-order valence-corrected chi connectivity index (χ3v) is 7.17. The highest BCUT2D eigenvalue weighted by Gasteiger charge is 2.16. The van der Waals surface area contributed by atoms with Gasteiger partial charge in [-0.2, -0.15) is 9.78 Å². The normalized spacial score (nSPS) is 12.4. The first-order valence-electron chi connectivity index (χ1n) is 10.9. The maximum absolute atomic E-state index is 13.4. The minimum absolute atomic E-state index is 0.0463. The summed E-state index contributed by atoms with van der Waals surface area (Å²) in [5.41, 5.74) is 1.89. The first-order valence-corrected chi connectivity index (χ1v) is 13.3. The molecular formula is C26H21Br3FN3O2. The van der Waals surface area contributed by atoms with Gasteiger partial charge >= 0.3 is 0 Å². The van der Waals surface area contributed by atoms with Gasteiger partial charge < -0.3 is 4.74 Å². The molecule has 9 heteroatoms. The van der Waals surface area contributed by atoms with Gasteiger partial charge in [0.15, 0.2) is 0 Å². The maximum Gasteiger partial charge on any atom is 0.282 e. The molecule has 1 aromatic heterocycles. The van der Waals surface area contributed by atoms with Crippen LogP contribution in [0.1, 0.15) is 43.1 Å². The van der Waals surface area contributed by atoms with Crippen LogP contribution in [-0.2, 0) is 6.61 Å². The van der Waals surface area contributed by atoms with E-state index in [1.165, 1.54) is 16.8 Å². The molecule has 0 aliphatic heterocycles. The lowest BCUT2D eigenvalue weighted by atomic mass is 10.1. The highest BCUT2D eigenvalue weighted by molar-refractivity contribution is 9.11. The Morgan fingerprint density at radius 3 is 2.54 bits per heavy atom. The summed E-state index contributed by atoms with van der Waals surface area (Å²) in [5.74, 6) is 0.932. The van der Waals surface area contributed by atoms with Crippen LogP contribution in [0, 0.1) is 5.82 Å². The number of benzene rings is 3. The number of nitrogens with zero attached hydrogens (tertiary/aromatic N) is 3. The van der Waals surface area contributed by atoms with Crippen molar-refractivity contribution in [2.75, 3.05) is 0 Å². The molecule has 0 aliphatic rings. The van der Waals surface area contributed by atoms with E-state index in [1.807, 2.05) is 38.1 Å². The molecule has 0 bridgehead atoms. The lowest BCUT2D eigenvalue weighted by Gasteiger charge is -2.14. The number of aromatic nitrogens is 2.